The van der Waals surface area contributed by atoms with Crippen LogP contribution in [0.1, 0.15) is 29.8 Å². The van der Waals surface area contributed by atoms with Crippen molar-refractivity contribution in [3.63, 3.8) is 0 Å². The van der Waals surface area contributed by atoms with Gasteiger partial charge in [0.25, 0.3) is 5.91 Å². The number of oxazole rings is 1. The van der Waals surface area contributed by atoms with Crippen LogP contribution in [-0.4, -0.2) is 34.9 Å². The van der Waals surface area contributed by atoms with E-state index in [1.807, 2.05) is 35.2 Å². The van der Waals surface area contributed by atoms with E-state index in [0.29, 0.717) is 18.1 Å². The Morgan fingerprint density at radius 2 is 2.09 bits per heavy atom. The minimum absolute atomic E-state index is 0. The molecule has 2 heterocycles. The van der Waals surface area contributed by atoms with Gasteiger partial charge in [0.15, 0.2) is 5.69 Å². The van der Waals surface area contributed by atoms with Crippen LogP contribution in [0.3, 0.4) is 0 Å². The quantitative estimate of drug-likeness (QED) is 0.943. The molecular weight excluding hydrogens is 302 g/mol. The monoisotopic (exact) mass is 321 g/mol. The van der Waals surface area contributed by atoms with Gasteiger partial charge in [-0.1, -0.05) is 18.2 Å². The van der Waals surface area contributed by atoms with Crippen molar-refractivity contribution in [3.8, 4) is 11.5 Å². The zero-order valence-corrected chi connectivity index (χ0v) is 13.1. The molecule has 1 amide bonds. The van der Waals surface area contributed by atoms with E-state index in [1.165, 1.54) is 6.26 Å². The van der Waals surface area contributed by atoms with Crippen molar-refractivity contribution in [1.29, 1.82) is 0 Å². The van der Waals surface area contributed by atoms with Gasteiger partial charge in [0, 0.05) is 24.7 Å². The molecule has 0 spiro atoms. The highest BCUT2D eigenvalue weighted by atomic mass is 35.5. The van der Waals surface area contributed by atoms with Gasteiger partial charge in [0.1, 0.15) is 6.26 Å². The van der Waals surface area contributed by atoms with Gasteiger partial charge in [0.2, 0.25) is 5.89 Å². The molecule has 1 unspecified atom stereocenters. The van der Waals surface area contributed by atoms with E-state index in [2.05, 4.69) is 4.98 Å². The summed E-state index contributed by atoms with van der Waals surface area (Å²) in [5, 5.41) is 0. The second-order valence-corrected chi connectivity index (χ2v) is 5.29. The fourth-order valence-electron chi connectivity index (χ4n) is 2.75. The van der Waals surface area contributed by atoms with Crippen LogP contribution in [-0.2, 0) is 0 Å². The summed E-state index contributed by atoms with van der Waals surface area (Å²) < 4.78 is 5.44. The molecule has 0 saturated carbocycles. The van der Waals surface area contributed by atoms with E-state index in [1.54, 1.807) is 0 Å². The number of piperidine rings is 1. The first-order chi connectivity index (χ1) is 10.3. The Morgan fingerprint density at radius 3 is 2.82 bits per heavy atom. The number of rotatable bonds is 3. The van der Waals surface area contributed by atoms with Crippen LogP contribution < -0.4 is 5.73 Å². The average Bonchev–Trinajstić information content (AvgIpc) is 3.05. The molecule has 2 aromatic rings. The molecule has 1 aliphatic rings. The lowest BCUT2D eigenvalue weighted by Crippen LogP contribution is -2.47. The molecule has 2 N–H and O–H groups in total. The van der Waals surface area contributed by atoms with Gasteiger partial charge in [-0.05, 0) is 31.4 Å². The molecule has 1 aromatic carbocycles. The molecule has 1 aromatic heterocycles. The number of halogens is 1. The second-order valence-electron chi connectivity index (χ2n) is 5.29. The van der Waals surface area contributed by atoms with Gasteiger partial charge in [0.05, 0.1) is 0 Å². The number of likely N-dealkylation sites (tertiary alicyclic amines) is 1. The minimum atomic E-state index is -0.0870. The molecule has 3 rings (SSSR count). The summed E-state index contributed by atoms with van der Waals surface area (Å²) in [5.41, 5.74) is 6.99. The van der Waals surface area contributed by atoms with E-state index < -0.39 is 0 Å². The minimum Gasteiger partial charge on any atom is -0.444 e. The molecule has 1 aliphatic heterocycles. The van der Waals surface area contributed by atoms with Gasteiger partial charge >= 0.3 is 0 Å². The molecular formula is C16H20ClN3O2. The van der Waals surface area contributed by atoms with Crippen molar-refractivity contribution in [2.75, 3.05) is 13.1 Å². The first-order valence-corrected chi connectivity index (χ1v) is 7.31. The number of aromatic nitrogens is 1. The van der Waals surface area contributed by atoms with E-state index in [0.717, 1.165) is 31.4 Å². The third-order valence-electron chi connectivity index (χ3n) is 3.90. The van der Waals surface area contributed by atoms with Crippen molar-refractivity contribution < 1.29 is 9.21 Å². The lowest BCUT2D eigenvalue weighted by molar-refractivity contribution is 0.0617. The van der Waals surface area contributed by atoms with Gasteiger partial charge in [-0.15, -0.1) is 12.4 Å². The summed E-state index contributed by atoms with van der Waals surface area (Å²) in [6, 6.07) is 9.68. The number of nitrogens with two attached hydrogens (primary N) is 1. The summed E-state index contributed by atoms with van der Waals surface area (Å²) in [6.45, 7) is 1.24. The molecule has 0 aliphatic carbocycles. The van der Waals surface area contributed by atoms with E-state index in [-0.39, 0.29) is 24.4 Å². The van der Waals surface area contributed by atoms with Crippen LogP contribution in [0.25, 0.3) is 11.5 Å². The van der Waals surface area contributed by atoms with Gasteiger partial charge < -0.3 is 15.1 Å². The Morgan fingerprint density at radius 1 is 1.32 bits per heavy atom. The lowest BCUT2D eigenvalue weighted by atomic mass is 10.0. The Kier molecular flexibility index (Phi) is 5.57. The summed E-state index contributed by atoms with van der Waals surface area (Å²) in [7, 11) is 0. The zero-order valence-electron chi connectivity index (χ0n) is 12.3. The molecule has 22 heavy (non-hydrogen) atoms. The summed E-state index contributed by atoms with van der Waals surface area (Å²) in [6.07, 6.45) is 4.55. The van der Waals surface area contributed by atoms with Gasteiger partial charge in [-0.3, -0.25) is 4.79 Å². The fraction of sp³-hybridized carbons (Fsp3) is 0.375. The number of benzene rings is 1. The normalized spacial score (nSPS) is 17.9. The maximum Gasteiger partial charge on any atom is 0.276 e. The molecule has 118 valence electrons. The van der Waals surface area contributed by atoms with Crippen LogP contribution >= 0.6 is 12.4 Å². The number of hydrogen-bond donors (Lipinski definition) is 1. The highest BCUT2D eigenvalue weighted by Crippen LogP contribution is 2.22. The first-order valence-electron chi connectivity index (χ1n) is 7.31. The topological polar surface area (TPSA) is 72.4 Å². The fourth-order valence-corrected chi connectivity index (χ4v) is 2.75. The SMILES string of the molecule is Cl.NCC1CCCCN1C(=O)c1coc(-c2ccccc2)n1. The van der Waals surface area contributed by atoms with E-state index in [4.69, 9.17) is 10.2 Å². The summed E-state index contributed by atoms with van der Waals surface area (Å²) in [4.78, 5) is 18.7. The second kappa shape index (κ2) is 7.42. The van der Waals surface area contributed by atoms with E-state index >= 15 is 0 Å². The van der Waals surface area contributed by atoms with Gasteiger partial charge in [-0.25, -0.2) is 4.98 Å². The molecule has 0 bridgehead atoms. The lowest BCUT2D eigenvalue weighted by Gasteiger charge is -2.34. The Bertz CT molecular complexity index is 615. The molecule has 1 atom stereocenters. The average molecular weight is 322 g/mol. The smallest absolute Gasteiger partial charge is 0.276 e. The highest BCUT2D eigenvalue weighted by molar-refractivity contribution is 5.92. The predicted octanol–water partition coefficient (Wildman–Crippen LogP) is 2.72. The van der Waals surface area contributed by atoms with Crippen LogP contribution in [0.4, 0.5) is 0 Å². The predicted molar refractivity (Wildman–Crippen MR) is 86.9 cm³/mol. The van der Waals surface area contributed by atoms with Crippen LogP contribution in [0, 0.1) is 0 Å². The largest absolute Gasteiger partial charge is 0.444 e. The summed E-state index contributed by atoms with van der Waals surface area (Å²) in [5.74, 6) is 0.385. The Hall–Kier alpha value is -1.85. The molecule has 1 fully saturated rings. The number of amides is 1. The molecule has 6 heteroatoms. The number of hydrogen-bond acceptors (Lipinski definition) is 4. The molecule has 0 radical (unpaired) electrons. The van der Waals surface area contributed by atoms with Crippen LogP contribution in [0.5, 0.6) is 0 Å². The van der Waals surface area contributed by atoms with Crippen molar-refractivity contribution in [2.24, 2.45) is 5.73 Å². The Balaban J connectivity index is 0.00000176. The number of carbonyl (C=O) groups excluding carboxylic acids is 1. The molecule has 5 nitrogen and oxygen atoms in total. The van der Waals surface area contributed by atoms with Crippen molar-refractivity contribution in [1.82, 2.24) is 9.88 Å². The number of nitrogens with zero attached hydrogens (tertiary/aromatic N) is 2. The maximum absolute atomic E-state index is 12.6. The Labute approximate surface area is 135 Å². The third-order valence-corrected chi connectivity index (χ3v) is 3.90. The third kappa shape index (κ3) is 3.31. The zero-order chi connectivity index (χ0) is 14.7. The van der Waals surface area contributed by atoms with Crippen molar-refractivity contribution in [2.45, 2.75) is 25.3 Å². The van der Waals surface area contributed by atoms with Crippen LogP contribution in [0.2, 0.25) is 0 Å². The van der Waals surface area contributed by atoms with Crippen molar-refractivity contribution >= 4 is 18.3 Å². The standard InChI is InChI=1S/C16H19N3O2.ClH/c17-10-13-8-4-5-9-19(13)16(20)14-11-21-15(18-14)12-6-2-1-3-7-12;/h1-3,6-7,11,13H,4-5,8-10,17H2;1H. The van der Waals surface area contributed by atoms with Crippen LogP contribution in [0.15, 0.2) is 41.0 Å². The van der Waals surface area contributed by atoms with E-state index in [9.17, 15) is 4.79 Å². The molecule has 1 saturated heterocycles. The summed E-state index contributed by atoms with van der Waals surface area (Å²) >= 11 is 0. The maximum atomic E-state index is 12.6. The highest BCUT2D eigenvalue weighted by Gasteiger charge is 2.28. The first kappa shape index (κ1) is 16.5. The number of carbonyl (C=O) groups is 1. The van der Waals surface area contributed by atoms with Gasteiger partial charge in [-0.2, -0.15) is 0 Å². The van der Waals surface area contributed by atoms with Crippen molar-refractivity contribution in [3.05, 3.63) is 42.3 Å².